The lowest BCUT2D eigenvalue weighted by molar-refractivity contribution is -0.165. The van der Waals surface area contributed by atoms with Gasteiger partial charge in [-0.1, -0.05) is 11.6 Å². The van der Waals surface area contributed by atoms with Crippen LogP contribution in [0, 0.1) is 10.8 Å². The summed E-state index contributed by atoms with van der Waals surface area (Å²) >= 11 is 0. The maximum absolute atomic E-state index is 13.1. The molecule has 0 aromatic carbocycles. The molecule has 0 saturated carbocycles. The minimum Gasteiger partial charge on any atom is -0.465 e. The lowest BCUT2D eigenvalue weighted by atomic mass is 9.76. The highest BCUT2D eigenvalue weighted by atomic mass is 35.5. The monoisotopic (exact) mass is 388 g/mol. The standard InChI is InChI=1S/C19H32N2O4.ClH/c1-5-25-17(23)19(14-24-4)8-12-21(13-9-19)16(22)18(2,3)15-6-10-20-11-7-15;/h6,20H,5,7-14H2,1-4H3;1H. The van der Waals surface area contributed by atoms with Gasteiger partial charge in [-0.15, -0.1) is 12.4 Å². The SMILES string of the molecule is CCOC(=O)C1(COC)CCN(C(=O)C(C)(C)C2=CCNCC2)CC1.Cl. The number of amides is 1. The van der Waals surface area contributed by atoms with E-state index in [1.807, 2.05) is 25.7 Å². The van der Waals surface area contributed by atoms with E-state index in [-0.39, 0.29) is 24.3 Å². The average molecular weight is 389 g/mol. The molecular weight excluding hydrogens is 356 g/mol. The van der Waals surface area contributed by atoms with Crippen molar-refractivity contribution < 1.29 is 19.1 Å². The molecule has 2 aliphatic rings. The number of halogens is 1. The molecule has 7 heteroatoms. The van der Waals surface area contributed by atoms with E-state index < -0.39 is 10.8 Å². The van der Waals surface area contributed by atoms with Crippen molar-refractivity contribution in [3.63, 3.8) is 0 Å². The fourth-order valence-electron chi connectivity index (χ4n) is 3.83. The van der Waals surface area contributed by atoms with Crippen LogP contribution in [0.4, 0.5) is 0 Å². The van der Waals surface area contributed by atoms with Crippen LogP contribution in [0.15, 0.2) is 11.6 Å². The van der Waals surface area contributed by atoms with E-state index in [2.05, 4.69) is 11.4 Å². The summed E-state index contributed by atoms with van der Waals surface area (Å²) in [6.45, 7) is 9.41. The summed E-state index contributed by atoms with van der Waals surface area (Å²) in [5.74, 6) is -0.0557. The predicted octanol–water partition coefficient (Wildman–Crippen LogP) is 2.17. The largest absolute Gasteiger partial charge is 0.465 e. The second-order valence-electron chi connectivity index (χ2n) is 7.53. The van der Waals surface area contributed by atoms with Gasteiger partial charge in [-0.2, -0.15) is 0 Å². The first-order chi connectivity index (χ1) is 11.9. The molecule has 1 amide bonds. The number of hydrogen-bond donors (Lipinski definition) is 1. The van der Waals surface area contributed by atoms with Gasteiger partial charge in [-0.25, -0.2) is 0 Å². The summed E-state index contributed by atoms with van der Waals surface area (Å²) in [6.07, 6.45) is 4.21. The fraction of sp³-hybridized carbons (Fsp3) is 0.789. The number of nitrogens with zero attached hydrogens (tertiary/aromatic N) is 1. The molecule has 26 heavy (non-hydrogen) atoms. The zero-order chi connectivity index (χ0) is 18.5. The highest BCUT2D eigenvalue weighted by Crippen LogP contribution is 2.37. The Bertz CT molecular complexity index is 526. The van der Waals surface area contributed by atoms with Crippen LogP contribution in [0.1, 0.15) is 40.0 Å². The second kappa shape index (κ2) is 9.72. The van der Waals surface area contributed by atoms with Crippen LogP contribution >= 0.6 is 12.4 Å². The average Bonchev–Trinajstić information content (AvgIpc) is 2.63. The minimum absolute atomic E-state index is 0. The zero-order valence-electron chi connectivity index (χ0n) is 16.4. The Balaban J connectivity index is 0.00000338. The number of esters is 1. The van der Waals surface area contributed by atoms with Gasteiger partial charge in [0.25, 0.3) is 0 Å². The second-order valence-corrected chi connectivity index (χ2v) is 7.53. The normalized spacial score (nSPS) is 20.0. The molecule has 6 nitrogen and oxygen atoms in total. The van der Waals surface area contributed by atoms with E-state index >= 15 is 0 Å². The molecule has 1 saturated heterocycles. The Morgan fingerprint density at radius 2 is 1.96 bits per heavy atom. The number of carbonyl (C=O) groups excluding carboxylic acids is 2. The third-order valence-electron chi connectivity index (χ3n) is 5.54. The molecule has 0 aliphatic carbocycles. The van der Waals surface area contributed by atoms with Gasteiger partial charge >= 0.3 is 5.97 Å². The van der Waals surface area contributed by atoms with Crippen LogP contribution in [0.5, 0.6) is 0 Å². The predicted molar refractivity (Wildman–Crippen MR) is 103 cm³/mol. The number of nitrogens with one attached hydrogen (secondary N) is 1. The number of rotatable bonds is 6. The zero-order valence-corrected chi connectivity index (χ0v) is 17.2. The number of ether oxygens (including phenoxy) is 2. The van der Waals surface area contributed by atoms with Crippen molar-refractivity contribution in [2.24, 2.45) is 10.8 Å². The summed E-state index contributed by atoms with van der Waals surface area (Å²) in [7, 11) is 1.60. The molecule has 0 aromatic heterocycles. The van der Waals surface area contributed by atoms with E-state index in [1.54, 1.807) is 7.11 Å². The number of hydrogen-bond acceptors (Lipinski definition) is 5. The minimum atomic E-state index is -0.625. The molecule has 0 radical (unpaired) electrons. The van der Waals surface area contributed by atoms with Crippen LogP contribution in [-0.2, 0) is 19.1 Å². The van der Waals surface area contributed by atoms with Gasteiger partial charge in [0.15, 0.2) is 0 Å². The Kier molecular flexibility index (Phi) is 8.57. The van der Waals surface area contributed by atoms with Gasteiger partial charge in [-0.05, 0) is 46.6 Å². The maximum atomic E-state index is 13.1. The first-order valence-corrected chi connectivity index (χ1v) is 9.23. The molecule has 2 rings (SSSR count). The third-order valence-corrected chi connectivity index (χ3v) is 5.54. The van der Waals surface area contributed by atoms with Crippen LogP contribution in [0.25, 0.3) is 0 Å². The Morgan fingerprint density at radius 3 is 2.46 bits per heavy atom. The van der Waals surface area contributed by atoms with Crippen LogP contribution < -0.4 is 5.32 Å². The van der Waals surface area contributed by atoms with Crippen molar-refractivity contribution in [1.82, 2.24) is 10.2 Å². The summed E-state index contributed by atoms with van der Waals surface area (Å²) in [4.78, 5) is 27.4. The lowest BCUT2D eigenvalue weighted by Crippen LogP contribution is -2.52. The lowest BCUT2D eigenvalue weighted by Gasteiger charge is -2.42. The maximum Gasteiger partial charge on any atom is 0.314 e. The van der Waals surface area contributed by atoms with Crippen molar-refractivity contribution in [2.45, 2.75) is 40.0 Å². The number of piperidine rings is 1. The summed E-state index contributed by atoms with van der Waals surface area (Å²) < 4.78 is 10.5. The van der Waals surface area contributed by atoms with Gasteiger partial charge < -0.3 is 19.7 Å². The molecule has 0 atom stereocenters. The summed E-state index contributed by atoms with van der Waals surface area (Å²) in [6, 6.07) is 0. The van der Waals surface area contributed by atoms with Gasteiger partial charge in [0, 0.05) is 26.7 Å². The summed E-state index contributed by atoms with van der Waals surface area (Å²) in [5, 5.41) is 3.29. The van der Waals surface area contributed by atoms with E-state index in [0.29, 0.717) is 39.1 Å². The highest BCUT2D eigenvalue weighted by molar-refractivity contribution is 5.86. The van der Waals surface area contributed by atoms with E-state index in [9.17, 15) is 9.59 Å². The molecule has 1 fully saturated rings. The molecule has 0 bridgehead atoms. The van der Waals surface area contributed by atoms with E-state index in [4.69, 9.17) is 9.47 Å². The quantitative estimate of drug-likeness (QED) is 0.558. The third kappa shape index (κ3) is 4.78. The molecule has 2 aliphatic heterocycles. The van der Waals surface area contributed by atoms with Crippen LogP contribution in [0.3, 0.4) is 0 Å². The number of methoxy groups -OCH3 is 1. The Hall–Kier alpha value is -1.11. The first kappa shape index (κ1) is 22.9. The van der Waals surface area contributed by atoms with Gasteiger partial charge in [0.05, 0.1) is 24.0 Å². The topological polar surface area (TPSA) is 67.9 Å². The Morgan fingerprint density at radius 1 is 1.31 bits per heavy atom. The number of carbonyl (C=O) groups is 2. The molecule has 150 valence electrons. The molecule has 1 N–H and O–H groups in total. The molecule has 2 heterocycles. The smallest absolute Gasteiger partial charge is 0.314 e. The van der Waals surface area contributed by atoms with E-state index in [1.165, 1.54) is 5.57 Å². The Labute approximate surface area is 163 Å². The van der Waals surface area contributed by atoms with Gasteiger partial charge in [0.2, 0.25) is 5.91 Å². The molecule has 0 unspecified atom stereocenters. The van der Waals surface area contributed by atoms with Crippen molar-refractivity contribution in [2.75, 3.05) is 46.5 Å². The van der Waals surface area contributed by atoms with Gasteiger partial charge in [0.1, 0.15) is 0 Å². The highest BCUT2D eigenvalue weighted by Gasteiger charge is 2.45. The molecular formula is C19H33ClN2O4. The first-order valence-electron chi connectivity index (χ1n) is 9.23. The van der Waals surface area contributed by atoms with Crippen molar-refractivity contribution in [3.8, 4) is 0 Å². The fourth-order valence-corrected chi connectivity index (χ4v) is 3.83. The summed E-state index contributed by atoms with van der Waals surface area (Å²) in [5.41, 5.74) is 0.0860. The van der Waals surface area contributed by atoms with Crippen molar-refractivity contribution in [3.05, 3.63) is 11.6 Å². The van der Waals surface area contributed by atoms with Crippen LogP contribution in [-0.4, -0.2) is 63.3 Å². The number of likely N-dealkylation sites (tertiary alicyclic amines) is 1. The van der Waals surface area contributed by atoms with E-state index in [0.717, 1.165) is 19.5 Å². The molecule has 0 spiro atoms. The molecule has 0 aromatic rings. The van der Waals surface area contributed by atoms with Gasteiger partial charge in [-0.3, -0.25) is 9.59 Å². The van der Waals surface area contributed by atoms with Crippen LogP contribution in [0.2, 0.25) is 0 Å². The van der Waals surface area contributed by atoms with Crippen molar-refractivity contribution in [1.29, 1.82) is 0 Å². The van der Waals surface area contributed by atoms with Crippen molar-refractivity contribution >= 4 is 24.3 Å².